The van der Waals surface area contributed by atoms with E-state index in [-0.39, 0.29) is 28.8 Å². The van der Waals surface area contributed by atoms with Gasteiger partial charge in [-0.15, -0.1) is 0 Å². The second-order valence-corrected chi connectivity index (χ2v) is 7.36. The van der Waals surface area contributed by atoms with Gasteiger partial charge in [0.05, 0.1) is 10.5 Å². The van der Waals surface area contributed by atoms with Gasteiger partial charge in [-0.2, -0.15) is 0 Å². The third-order valence-electron chi connectivity index (χ3n) is 4.58. The molecule has 0 aliphatic carbocycles. The number of nitro benzene ring substituents is 1. The minimum absolute atomic E-state index is 0.00733. The highest BCUT2D eigenvalue weighted by Gasteiger charge is 2.18. The van der Waals surface area contributed by atoms with Gasteiger partial charge < -0.3 is 9.15 Å². The normalized spacial score (nSPS) is 11.1. The molecule has 150 valence electrons. The van der Waals surface area contributed by atoms with Crippen molar-refractivity contribution in [3.63, 3.8) is 0 Å². The SMILES string of the molecule is Cc1cc2oc(=O)cc(COC(=O)c3ccc(Cl)c([N+](=O)[O-])c3)c2cc1C(C)C. The van der Waals surface area contributed by atoms with Crippen molar-refractivity contribution in [2.24, 2.45) is 0 Å². The van der Waals surface area contributed by atoms with Gasteiger partial charge in [0.2, 0.25) is 0 Å². The van der Waals surface area contributed by atoms with Crippen molar-refractivity contribution < 1.29 is 18.9 Å². The van der Waals surface area contributed by atoms with E-state index in [0.717, 1.165) is 17.2 Å². The van der Waals surface area contributed by atoms with Gasteiger partial charge in [0, 0.05) is 23.1 Å². The molecule has 0 bridgehead atoms. The van der Waals surface area contributed by atoms with Gasteiger partial charge in [-0.1, -0.05) is 25.4 Å². The number of halogens is 1. The maximum Gasteiger partial charge on any atom is 0.338 e. The fourth-order valence-corrected chi connectivity index (χ4v) is 3.33. The van der Waals surface area contributed by atoms with Gasteiger partial charge in [0.25, 0.3) is 5.69 Å². The Balaban J connectivity index is 1.93. The van der Waals surface area contributed by atoms with Crippen LogP contribution >= 0.6 is 11.6 Å². The van der Waals surface area contributed by atoms with E-state index in [1.807, 2.05) is 13.0 Å². The fraction of sp³-hybridized carbons (Fsp3) is 0.238. The van der Waals surface area contributed by atoms with Gasteiger partial charge in [-0.25, -0.2) is 9.59 Å². The molecule has 0 spiro atoms. The summed E-state index contributed by atoms with van der Waals surface area (Å²) in [6.07, 6.45) is 0. The summed E-state index contributed by atoms with van der Waals surface area (Å²) in [5, 5.41) is 11.6. The molecular formula is C21H18ClNO6. The molecule has 8 heteroatoms. The molecule has 2 aromatic carbocycles. The van der Waals surface area contributed by atoms with E-state index in [2.05, 4.69) is 13.8 Å². The molecule has 3 rings (SSSR count). The maximum atomic E-state index is 12.4. The van der Waals surface area contributed by atoms with Gasteiger partial charge in [-0.05, 0) is 48.2 Å². The lowest BCUT2D eigenvalue weighted by Crippen LogP contribution is -2.09. The summed E-state index contributed by atoms with van der Waals surface area (Å²) >= 11 is 5.77. The average Bonchev–Trinajstić information content (AvgIpc) is 2.64. The maximum absolute atomic E-state index is 12.4. The van der Waals surface area contributed by atoms with E-state index in [4.69, 9.17) is 20.8 Å². The summed E-state index contributed by atoms with van der Waals surface area (Å²) in [4.78, 5) is 34.6. The molecule has 7 nitrogen and oxygen atoms in total. The Labute approximate surface area is 171 Å². The van der Waals surface area contributed by atoms with Crippen molar-refractivity contribution in [2.45, 2.75) is 33.3 Å². The molecule has 0 aliphatic heterocycles. The van der Waals surface area contributed by atoms with Crippen LogP contribution in [0.5, 0.6) is 0 Å². The molecular weight excluding hydrogens is 398 g/mol. The van der Waals surface area contributed by atoms with Crippen molar-refractivity contribution in [1.29, 1.82) is 0 Å². The van der Waals surface area contributed by atoms with E-state index in [1.54, 1.807) is 6.07 Å². The second kappa shape index (κ2) is 8.05. The van der Waals surface area contributed by atoms with E-state index in [0.29, 0.717) is 16.5 Å². The molecule has 0 radical (unpaired) electrons. The summed E-state index contributed by atoms with van der Waals surface area (Å²) in [7, 11) is 0. The average molecular weight is 416 g/mol. The van der Waals surface area contributed by atoms with Gasteiger partial charge in [-0.3, -0.25) is 10.1 Å². The summed E-state index contributed by atoms with van der Waals surface area (Å²) in [6.45, 7) is 5.87. The number of nitrogens with zero attached hydrogens (tertiary/aromatic N) is 1. The first-order valence-electron chi connectivity index (χ1n) is 8.85. The summed E-state index contributed by atoms with van der Waals surface area (Å²) in [5.41, 5.74) is 2.05. The molecule has 3 aromatic rings. The largest absolute Gasteiger partial charge is 0.457 e. The molecule has 0 saturated heterocycles. The van der Waals surface area contributed by atoms with Crippen molar-refractivity contribution >= 4 is 34.2 Å². The first-order chi connectivity index (χ1) is 13.7. The van der Waals surface area contributed by atoms with Crippen LogP contribution in [0.25, 0.3) is 11.0 Å². The van der Waals surface area contributed by atoms with E-state index in [1.165, 1.54) is 18.2 Å². The Morgan fingerprint density at radius 1 is 1.24 bits per heavy atom. The van der Waals surface area contributed by atoms with E-state index in [9.17, 15) is 19.7 Å². The summed E-state index contributed by atoms with van der Waals surface area (Å²) in [6, 6.07) is 8.66. The second-order valence-electron chi connectivity index (χ2n) is 6.95. The van der Waals surface area contributed by atoms with Crippen molar-refractivity contribution in [3.8, 4) is 0 Å². The number of esters is 1. The van der Waals surface area contributed by atoms with Crippen LogP contribution in [0, 0.1) is 17.0 Å². The van der Waals surface area contributed by atoms with E-state index >= 15 is 0 Å². The minimum Gasteiger partial charge on any atom is -0.457 e. The standard InChI is InChI=1S/C21H18ClNO6/c1-11(2)15-9-16-14(8-20(24)29-19(16)6-12(15)3)10-28-21(25)13-4-5-17(22)18(7-13)23(26)27/h4-9,11H,10H2,1-3H3. The summed E-state index contributed by atoms with van der Waals surface area (Å²) < 4.78 is 10.6. The predicted octanol–water partition coefficient (Wildman–Crippen LogP) is 5.14. The number of hydrogen-bond acceptors (Lipinski definition) is 6. The minimum atomic E-state index is -0.762. The number of nitro groups is 1. The van der Waals surface area contributed by atoms with Crippen LogP contribution in [0.15, 0.2) is 45.6 Å². The van der Waals surface area contributed by atoms with Crippen LogP contribution in [0.4, 0.5) is 5.69 Å². The molecule has 29 heavy (non-hydrogen) atoms. The van der Waals surface area contributed by atoms with Crippen molar-refractivity contribution in [2.75, 3.05) is 0 Å². The Morgan fingerprint density at radius 3 is 2.62 bits per heavy atom. The van der Waals surface area contributed by atoms with Crippen molar-refractivity contribution in [3.05, 3.63) is 84.2 Å². The number of ether oxygens (including phenoxy) is 1. The Bertz CT molecular complexity index is 1180. The molecule has 1 heterocycles. The quantitative estimate of drug-likeness (QED) is 0.247. The molecule has 0 saturated carbocycles. The number of hydrogen-bond donors (Lipinski definition) is 0. The Kier molecular flexibility index (Phi) is 5.70. The van der Waals surface area contributed by atoms with Crippen LogP contribution in [0.2, 0.25) is 5.02 Å². The molecule has 0 atom stereocenters. The molecule has 1 aromatic heterocycles. The molecule has 0 amide bonds. The van der Waals surface area contributed by atoms with Crippen LogP contribution in [0.1, 0.15) is 46.8 Å². The molecule has 0 N–H and O–H groups in total. The van der Waals surface area contributed by atoms with Gasteiger partial charge in [0.1, 0.15) is 17.2 Å². The predicted molar refractivity (Wildman–Crippen MR) is 109 cm³/mol. The third kappa shape index (κ3) is 4.30. The zero-order valence-corrected chi connectivity index (χ0v) is 16.8. The highest BCUT2D eigenvalue weighted by molar-refractivity contribution is 6.32. The summed E-state index contributed by atoms with van der Waals surface area (Å²) in [5.74, 6) is -0.501. The topological polar surface area (TPSA) is 99.7 Å². The zero-order valence-electron chi connectivity index (χ0n) is 16.0. The monoisotopic (exact) mass is 415 g/mol. The molecule has 0 aliphatic rings. The number of benzene rings is 2. The van der Waals surface area contributed by atoms with Crippen LogP contribution in [-0.2, 0) is 11.3 Å². The highest BCUT2D eigenvalue weighted by Crippen LogP contribution is 2.28. The number of carbonyl (C=O) groups is 1. The highest BCUT2D eigenvalue weighted by atomic mass is 35.5. The number of fused-ring (bicyclic) bond motifs is 1. The molecule has 0 fully saturated rings. The Morgan fingerprint density at radius 2 is 1.97 bits per heavy atom. The number of rotatable bonds is 5. The number of aryl methyl sites for hydroxylation is 1. The van der Waals surface area contributed by atoms with E-state index < -0.39 is 16.5 Å². The van der Waals surface area contributed by atoms with Crippen LogP contribution in [-0.4, -0.2) is 10.9 Å². The first kappa shape index (κ1) is 20.5. The van der Waals surface area contributed by atoms with Gasteiger partial charge in [0.15, 0.2) is 0 Å². The van der Waals surface area contributed by atoms with Crippen molar-refractivity contribution in [1.82, 2.24) is 0 Å². The third-order valence-corrected chi connectivity index (χ3v) is 4.90. The molecule has 0 unspecified atom stereocenters. The van der Waals surface area contributed by atoms with Gasteiger partial charge >= 0.3 is 11.6 Å². The Hall–Kier alpha value is -3.19. The van der Waals surface area contributed by atoms with Crippen LogP contribution in [0.3, 0.4) is 0 Å². The lowest BCUT2D eigenvalue weighted by Gasteiger charge is -2.13. The smallest absolute Gasteiger partial charge is 0.338 e. The zero-order chi connectivity index (χ0) is 21.3. The number of carbonyl (C=O) groups excluding carboxylic acids is 1. The van der Waals surface area contributed by atoms with Crippen LogP contribution < -0.4 is 5.63 Å². The first-order valence-corrected chi connectivity index (χ1v) is 9.23. The fourth-order valence-electron chi connectivity index (χ4n) is 3.14. The lowest BCUT2D eigenvalue weighted by atomic mass is 9.95. The lowest BCUT2D eigenvalue weighted by molar-refractivity contribution is -0.384.